The lowest BCUT2D eigenvalue weighted by Crippen LogP contribution is -2.39. The van der Waals surface area contributed by atoms with Gasteiger partial charge >= 0.3 is 0 Å². The monoisotopic (exact) mass is 219 g/mol. The minimum Gasteiger partial charge on any atom is -0.287 e. The molecular weight excluding hydrogens is 198 g/mol. The Morgan fingerprint density at radius 2 is 2.06 bits per heavy atom. The van der Waals surface area contributed by atoms with Gasteiger partial charge in [-0.1, -0.05) is 26.2 Å². The second kappa shape index (κ2) is 5.01. The van der Waals surface area contributed by atoms with E-state index in [4.69, 9.17) is 0 Å². The highest BCUT2D eigenvalue weighted by atomic mass is 16.1. The summed E-state index contributed by atoms with van der Waals surface area (Å²) in [6, 6.07) is 1.11. The van der Waals surface area contributed by atoms with E-state index < -0.39 is 0 Å². The summed E-state index contributed by atoms with van der Waals surface area (Å²) in [4.78, 5) is 14.0. The fourth-order valence-electron chi connectivity index (χ4n) is 2.71. The topological polar surface area (TPSA) is 20.3 Å². The van der Waals surface area contributed by atoms with Gasteiger partial charge in [0.1, 0.15) is 0 Å². The minimum absolute atomic E-state index is 0.0473. The first-order valence-corrected chi connectivity index (χ1v) is 6.49. The minimum atomic E-state index is 0.0473. The van der Waals surface area contributed by atoms with Gasteiger partial charge in [0.05, 0.1) is 6.04 Å². The summed E-state index contributed by atoms with van der Waals surface area (Å²) in [7, 11) is 0. The van der Waals surface area contributed by atoms with E-state index in [9.17, 15) is 4.79 Å². The third kappa shape index (κ3) is 2.47. The second-order valence-corrected chi connectivity index (χ2v) is 5.27. The Hall–Kier alpha value is -0.810. The zero-order valence-electron chi connectivity index (χ0n) is 10.3. The van der Waals surface area contributed by atoms with Crippen LogP contribution in [-0.2, 0) is 4.79 Å². The van der Waals surface area contributed by atoms with Crippen molar-refractivity contribution in [2.75, 3.05) is 6.54 Å². The summed E-state index contributed by atoms with van der Waals surface area (Å²) in [5.41, 5.74) is 0. The van der Waals surface area contributed by atoms with Gasteiger partial charge < -0.3 is 0 Å². The summed E-state index contributed by atoms with van der Waals surface area (Å²) < 4.78 is 0. The number of piperidine rings is 1. The Balaban J connectivity index is 1.98. The quantitative estimate of drug-likeness (QED) is 0.498. The molecule has 2 atom stereocenters. The van der Waals surface area contributed by atoms with Crippen molar-refractivity contribution in [3.05, 3.63) is 0 Å². The molecule has 0 amide bonds. The van der Waals surface area contributed by atoms with Gasteiger partial charge in [-0.15, -0.1) is 0 Å². The molecule has 2 heterocycles. The van der Waals surface area contributed by atoms with Gasteiger partial charge in [0.15, 0.2) is 0 Å². The van der Waals surface area contributed by atoms with Crippen molar-refractivity contribution in [1.29, 1.82) is 0 Å². The summed E-state index contributed by atoms with van der Waals surface area (Å²) in [5.74, 6) is 6.15. The number of nitrogens with zero attached hydrogens (tertiary/aromatic N) is 1. The van der Waals surface area contributed by atoms with Crippen molar-refractivity contribution in [2.24, 2.45) is 5.92 Å². The average Bonchev–Trinajstić information content (AvgIpc) is 2.69. The predicted octanol–water partition coefficient (Wildman–Crippen LogP) is 2.23. The maximum atomic E-state index is 11.5. The normalized spacial score (nSPS) is 29.7. The van der Waals surface area contributed by atoms with E-state index in [1.54, 1.807) is 0 Å². The first kappa shape index (κ1) is 11.7. The fraction of sp³-hybridized carbons (Fsp3) is 0.786. The molecule has 0 aromatic carbocycles. The number of fused-ring (bicyclic) bond motifs is 1. The number of ketones is 1. The van der Waals surface area contributed by atoms with E-state index in [1.807, 2.05) is 13.8 Å². The average molecular weight is 219 g/mol. The van der Waals surface area contributed by atoms with Gasteiger partial charge in [-0.05, 0) is 38.1 Å². The third-order valence-electron chi connectivity index (χ3n) is 3.73. The number of carbonyl (C=O) groups is 1. The Morgan fingerprint density at radius 1 is 1.25 bits per heavy atom. The fourth-order valence-corrected chi connectivity index (χ4v) is 2.71. The summed E-state index contributed by atoms with van der Waals surface area (Å²) in [6.07, 6.45) is 6.42. The summed E-state index contributed by atoms with van der Waals surface area (Å²) in [5, 5.41) is 0. The van der Waals surface area contributed by atoms with Crippen LogP contribution in [0.1, 0.15) is 46.0 Å². The number of hydrogen-bond donors (Lipinski definition) is 0. The molecule has 0 saturated carbocycles. The van der Waals surface area contributed by atoms with Crippen molar-refractivity contribution in [3.63, 3.8) is 0 Å². The molecule has 2 saturated heterocycles. The molecule has 0 radical (unpaired) electrons. The molecule has 2 heteroatoms. The molecule has 0 aliphatic carbocycles. The van der Waals surface area contributed by atoms with Crippen LogP contribution in [-0.4, -0.2) is 29.3 Å². The zero-order valence-corrected chi connectivity index (χ0v) is 10.3. The van der Waals surface area contributed by atoms with Gasteiger partial charge in [0, 0.05) is 12.0 Å². The van der Waals surface area contributed by atoms with Crippen molar-refractivity contribution < 1.29 is 4.79 Å². The smallest absolute Gasteiger partial charge is 0.208 e. The summed E-state index contributed by atoms with van der Waals surface area (Å²) >= 11 is 0. The van der Waals surface area contributed by atoms with E-state index in [-0.39, 0.29) is 11.7 Å². The van der Waals surface area contributed by atoms with Crippen LogP contribution in [0.4, 0.5) is 0 Å². The maximum Gasteiger partial charge on any atom is 0.208 e. The lowest BCUT2D eigenvalue weighted by molar-refractivity contribution is -0.116. The molecule has 16 heavy (non-hydrogen) atoms. The Kier molecular flexibility index (Phi) is 3.66. The Morgan fingerprint density at radius 3 is 2.81 bits per heavy atom. The van der Waals surface area contributed by atoms with E-state index >= 15 is 0 Å². The molecule has 2 nitrogen and oxygen atoms in total. The highest BCUT2D eigenvalue weighted by Crippen LogP contribution is 2.30. The van der Waals surface area contributed by atoms with Crippen LogP contribution in [0.2, 0.25) is 0 Å². The summed E-state index contributed by atoms with van der Waals surface area (Å²) in [6.45, 7) is 5.00. The molecule has 2 aliphatic rings. The van der Waals surface area contributed by atoms with Crippen molar-refractivity contribution in [1.82, 2.24) is 4.90 Å². The van der Waals surface area contributed by atoms with E-state index in [0.29, 0.717) is 6.04 Å². The third-order valence-corrected chi connectivity index (χ3v) is 3.73. The number of rotatable bonds is 1. The molecule has 2 fully saturated rings. The van der Waals surface area contributed by atoms with Crippen LogP contribution in [0.25, 0.3) is 0 Å². The molecule has 2 unspecified atom stereocenters. The zero-order chi connectivity index (χ0) is 11.5. The number of Topliss-reactive ketones (excluding diaryl/α,β-unsaturated/α-hetero) is 1. The maximum absolute atomic E-state index is 11.5. The lowest BCUT2D eigenvalue weighted by Gasteiger charge is -2.31. The molecule has 2 aliphatic heterocycles. The SMILES string of the molecule is CC(C)C(=O)C#CC1CCC2CCCCN12. The first-order valence-electron chi connectivity index (χ1n) is 6.49. The molecule has 0 bridgehead atoms. The van der Waals surface area contributed by atoms with Crippen LogP contribution in [0, 0.1) is 17.8 Å². The van der Waals surface area contributed by atoms with E-state index in [1.165, 1.54) is 32.2 Å². The van der Waals surface area contributed by atoms with Gasteiger partial charge in [-0.3, -0.25) is 9.69 Å². The van der Waals surface area contributed by atoms with Gasteiger partial charge in [0.2, 0.25) is 5.78 Å². The first-order chi connectivity index (χ1) is 7.68. The standard InChI is InChI=1S/C14H21NO/c1-11(2)14(16)9-8-13-7-6-12-5-3-4-10-15(12)13/h11-13H,3-7,10H2,1-2H3. The predicted molar refractivity (Wildman–Crippen MR) is 65.0 cm³/mol. The van der Waals surface area contributed by atoms with E-state index in [0.717, 1.165) is 12.5 Å². The number of hydrogen-bond acceptors (Lipinski definition) is 2. The van der Waals surface area contributed by atoms with Crippen LogP contribution >= 0.6 is 0 Å². The second-order valence-electron chi connectivity index (χ2n) is 5.27. The lowest BCUT2D eigenvalue weighted by atomic mass is 10.0. The molecule has 0 aromatic heterocycles. The van der Waals surface area contributed by atoms with Crippen LogP contribution in [0.5, 0.6) is 0 Å². The molecule has 0 aromatic rings. The van der Waals surface area contributed by atoms with Gasteiger partial charge in [0.25, 0.3) is 0 Å². The molecule has 88 valence electrons. The van der Waals surface area contributed by atoms with Crippen LogP contribution in [0.15, 0.2) is 0 Å². The largest absolute Gasteiger partial charge is 0.287 e. The van der Waals surface area contributed by atoms with E-state index in [2.05, 4.69) is 16.7 Å². The highest BCUT2D eigenvalue weighted by molar-refractivity contribution is 5.96. The molecule has 2 rings (SSSR count). The van der Waals surface area contributed by atoms with Crippen molar-refractivity contribution in [2.45, 2.75) is 58.0 Å². The van der Waals surface area contributed by atoms with Crippen molar-refractivity contribution >= 4 is 5.78 Å². The Bertz CT molecular complexity index is 323. The van der Waals surface area contributed by atoms with Crippen molar-refractivity contribution in [3.8, 4) is 11.8 Å². The van der Waals surface area contributed by atoms with Crippen LogP contribution in [0.3, 0.4) is 0 Å². The number of carbonyl (C=O) groups excluding carboxylic acids is 1. The van der Waals surface area contributed by atoms with Gasteiger partial charge in [-0.25, -0.2) is 0 Å². The van der Waals surface area contributed by atoms with Crippen LogP contribution < -0.4 is 0 Å². The molecular formula is C14H21NO. The Labute approximate surface area is 98.4 Å². The molecule has 0 N–H and O–H groups in total. The molecule has 0 spiro atoms. The highest BCUT2D eigenvalue weighted by Gasteiger charge is 2.33. The van der Waals surface area contributed by atoms with Gasteiger partial charge in [-0.2, -0.15) is 0 Å².